The van der Waals surface area contributed by atoms with Gasteiger partial charge in [-0.25, -0.2) is 4.79 Å². The number of carbonyl (C=O) groups is 2. The first-order valence-corrected chi connectivity index (χ1v) is 10.5. The third kappa shape index (κ3) is 4.00. The Balaban J connectivity index is 1.35. The minimum atomic E-state index is -2.16. The van der Waals surface area contributed by atoms with Gasteiger partial charge in [0.1, 0.15) is 15.7 Å². The number of hydrogen-bond donors (Lipinski definition) is 1. The van der Waals surface area contributed by atoms with Crippen LogP contribution in [0, 0.1) is 5.41 Å². The van der Waals surface area contributed by atoms with Crippen LogP contribution in [0.5, 0.6) is 0 Å². The van der Waals surface area contributed by atoms with E-state index in [1.165, 1.54) is 0 Å². The van der Waals surface area contributed by atoms with Crippen LogP contribution in [0.2, 0.25) is 5.11 Å². The molecule has 0 saturated carbocycles. The van der Waals surface area contributed by atoms with Crippen LogP contribution in [0.25, 0.3) is 0 Å². The number of carbonyl (C=O) groups excluding carboxylic acids is 2. The van der Waals surface area contributed by atoms with E-state index in [9.17, 15) is 9.59 Å². The van der Waals surface area contributed by atoms with Crippen molar-refractivity contribution in [1.82, 2.24) is 15.1 Å². The van der Waals surface area contributed by atoms with Gasteiger partial charge in [-0.1, -0.05) is 0 Å². The molecule has 2 bridgehead atoms. The molecule has 4 aliphatic rings. The van der Waals surface area contributed by atoms with Crippen molar-refractivity contribution in [2.24, 2.45) is 5.41 Å². The molecule has 6 nitrogen and oxygen atoms in total. The van der Waals surface area contributed by atoms with Crippen molar-refractivity contribution >= 4 is 51.2 Å². The fourth-order valence-electron chi connectivity index (χ4n) is 5.50. The largest absolute Gasteiger partial charge is 0.465 e. The molecule has 0 aliphatic carbocycles. The van der Waals surface area contributed by atoms with Crippen LogP contribution in [0.1, 0.15) is 44.9 Å². The van der Waals surface area contributed by atoms with Gasteiger partial charge < -0.3 is 19.9 Å². The van der Waals surface area contributed by atoms with Gasteiger partial charge in [-0.15, -0.1) is 5.11 Å². The molecule has 0 aromatic carbocycles. The topological polar surface area (TPSA) is 61.9 Å². The van der Waals surface area contributed by atoms with Crippen molar-refractivity contribution in [3.63, 3.8) is 0 Å². The van der Waals surface area contributed by atoms with Crippen LogP contribution in [0.4, 0.5) is 4.79 Å². The van der Waals surface area contributed by atoms with E-state index in [-0.39, 0.29) is 23.4 Å². The number of rotatable bonds is 3. The highest BCUT2D eigenvalue weighted by atomic mass is 16.6. The molecule has 144 valence electrons. The number of fused-ring (bicyclic) bond motifs is 2. The van der Waals surface area contributed by atoms with E-state index in [1.807, 2.05) is 0 Å². The van der Waals surface area contributed by atoms with E-state index in [2.05, 4.69) is 10.2 Å². The van der Waals surface area contributed by atoms with Crippen LogP contribution in [-0.2, 0) is 9.53 Å². The lowest BCUT2D eigenvalue weighted by Crippen LogP contribution is -2.57. The summed E-state index contributed by atoms with van der Waals surface area (Å²) in [5, 5.41) is -1.22. The van der Waals surface area contributed by atoms with E-state index in [0.717, 1.165) is 58.2 Å². The molecule has 2 atom stereocenters. The molecule has 1 N–H and O–H groups in total. The predicted molar refractivity (Wildman–Crippen MR) is 113 cm³/mol. The van der Waals surface area contributed by atoms with Crippen LogP contribution in [0.15, 0.2) is 0 Å². The highest BCUT2D eigenvalue weighted by Gasteiger charge is 2.48. The Kier molecular flexibility index (Phi) is 5.36. The first-order valence-electron chi connectivity index (χ1n) is 10.5. The number of nitrogens with one attached hydrogen (secondary N) is 1. The quantitative estimate of drug-likeness (QED) is 0.653. The first kappa shape index (κ1) is 21.3. The molecule has 0 aromatic rings. The zero-order valence-electron chi connectivity index (χ0n) is 16.8. The Hall–Kier alpha value is -0.975. The van der Waals surface area contributed by atoms with Crippen LogP contribution in [-0.4, -0.2) is 104 Å². The summed E-state index contributed by atoms with van der Waals surface area (Å²) in [6.45, 7) is 2.79. The predicted octanol–water partition coefficient (Wildman–Crippen LogP) is -0.709. The Bertz CT molecular complexity index is 664. The van der Waals surface area contributed by atoms with Gasteiger partial charge >= 0.3 is 6.09 Å². The maximum Gasteiger partial charge on any atom is 0.409 e. The van der Waals surface area contributed by atoms with Crippen molar-refractivity contribution < 1.29 is 14.3 Å². The number of nitrogens with zero attached hydrogens (tertiary/aromatic N) is 2. The third-order valence-corrected chi connectivity index (χ3v) is 7.42. The minimum absolute atomic E-state index is 0.0791. The lowest BCUT2D eigenvalue weighted by atomic mass is 9.28. The van der Waals surface area contributed by atoms with Crippen molar-refractivity contribution in [2.45, 2.75) is 73.6 Å². The summed E-state index contributed by atoms with van der Waals surface area (Å²) in [5.74, 6) is 0.177. The normalized spacial score (nSPS) is 32.3. The molecule has 4 aliphatic heterocycles. The second-order valence-electron chi connectivity index (χ2n) is 9.50. The van der Waals surface area contributed by atoms with Crippen molar-refractivity contribution in [2.75, 3.05) is 19.6 Å². The molecule has 4 heterocycles. The van der Waals surface area contributed by atoms with Crippen molar-refractivity contribution in [3.8, 4) is 0 Å². The summed E-state index contributed by atoms with van der Waals surface area (Å²) in [7, 11) is 28.0. The van der Waals surface area contributed by atoms with Gasteiger partial charge in [0.2, 0.25) is 5.91 Å². The molecule has 2 unspecified atom stereocenters. The maximum absolute atomic E-state index is 12.7. The molecule has 11 heteroatoms. The van der Waals surface area contributed by atoms with Gasteiger partial charge in [0.05, 0.1) is 23.5 Å². The molecule has 10 radical (unpaired) electrons. The van der Waals surface area contributed by atoms with E-state index in [4.69, 9.17) is 44.0 Å². The summed E-state index contributed by atoms with van der Waals surface area (Å²) in [6, 6.07) is 0.586. The zero-order valence-corrected chi connectivity index (χ0v) is 16.8. The lowest BCUT2D eigenvalue weighted by Gasteiger charge is -2.48. The van der Waals surface area contributed by atoms with Gasteiger partial charge in [0.15, 0.2) is 0 Å². The number of piperidine rings is 2. The van der Waals surface area contributed by atoms with Gasteiger partial charge in [0.25, 0.3) is 0 Å². The second-order valence-corrected chi connectivity index (χ2v) is 9.50. The highest BCUT2D eigenvalue weighted by Crippen LogP contribution is 2.43. The number of ether oxygens (including phenoxy) is 1. The van der Waals surface area contributed by atoms with E-state index < -0.39 is 16.6 Å². The number of hydrogen-bond acceptors (Lipinski definition) is 4. The van der Waals surface area contributed by atoms with Crippen LogP contribution < -0.4 is 5.32 Å². The van der Waals surface area contributed by atoms with Crippen molar-refractivity contribution in [3.05, 3.63) is 0 Å². The molecule has 4 fully saturated rings. The Morgan fingerprint density at radius 2 is 1.62 bits per heavy atom. The Morgan fingerprint density at radius 3 is 2.10 bits per heavy atom. The molecule has 4 saturated heterocycles. The second kappa shape index (κ2) is 7.31. The summed E-state index contributed by atoms with van der Waals surface area (Å²) < 4.78 is 5.19. The third-order valence-electron chi connectivity index (χ3n) is 7.42. The molecular formula is C18H24B5N3O3. The summed E-state index contributed by atoms with van der Waals surface area (Å²) in [5.41, 5.74) is 0.141. The van der Waals surface area contributed by atoms with E-state index >= 15 is 0 Å². The smallest absolute Gasteiger partial charge is 0.409 e. The molecular weight excluding hydrogens is 360 g/mol. The Morgan fingerprint density at radius 1 is 1.03 bits per heavy atom. The molecule has 4 rings (SSSR count). The minimum Gasteiger partial charge on any atom is -0.465 e. The lowest BCUT2D eigenvalue weighted by molar-refractivity contribution is -0.119. The van der Waals surface area contributed by atoms with Gasteiger partial charge in [-0.2, -0.15) is 0 Å². The van der Waals surface area contributed by atoms with Crippen molar-refractivity contribution in [1.29, 1.82) is 0 Å². The van der Waals surface area contributed by atoms with E-state index in [0.29, 0.717) is 12.5 Å². The maximum atomic E-state index is 12.7. The Labute approximate surface area is 179 Å². The average Bonchev–Trinajstić information content (AvgIpc) is 3.11. The molecule has 2 amide bonds. The molecule has 0 aromatic heterocycles. The van der Waals surface area contributed by atoms with Gasteiger partial charge in [0, 0.05) is 36.5 Å². The average molecular weight is 384 g/mol. The van der Waals surface area contributed by atoms with Crippen LogP contribution >= 0.6 is 0 Å². The fourth-order valence-corrected chi connectivity index (χ4v) is 5.50. The van der Waals surface area contributed by atoms with Crippen LogP contribution in [0.3, 0.4) is 0 Å². The zero-order chi connectivity index (χ0) is 21.0. The first-order chi connectivity index (χ1) is 13.5. The number of likely N-dealkylation sites (tertiary alicyclic amines) is 1. The number of amides is 2. The molecule has 1 spiro atoms. The SMILES string of the molecule is [B]C([B])([B])C([B])([B])OC(=O)N1C2CCC1CC(N1CCC3(CC1)CNC(=O)C3)C2. The van der Waals surface area contributed by atoms with E-state index in [1.54, 1.807) is 4.90 Å². The van der Waals surface area contributed by atoms with Gasteiger partial charge in [-0.05, 0) is 57.0 Å². The molecule has 29 heavy (non-hydrogen) atoms. The fraction of sp³-hybridized carbons (Fsp3) is 0.889. The monoisotopic (exact) mass is 385 g/mol. The summed E-state index contributed by atoms with van der Waals surface area (Å²) in [6.07, 6.45) is 5.74. The summed E-state index contributed by atoms with van der Waals surface area (Å²) >= 11 is 0. The standard InChI is InChI=1S/C18H24B5N3O3/c19-17(20,21)18(22,23)29-15(28)26-11-1-2-12(26)8-13(7-11)25-5-3-16(4-6-25)9-14(27)24-10-16/h11-13H,1-10H2,(H,24,27). The highest BCUT2D eigenvalue weighted by molar-refractivity contribution is 6.67. The van der Waals surface area contributed by atoms with Gasteiger partial charge in [-0.3, -0.25) is 4.79 Å². The summed E-state index contributed by atoms with van der Waals surface area (Å²) in [4.78, 5) is 28.6.